The molecule has 0 unspecified atom stereocenters. The predicted octanol–water partition coefficient (Wildman–Crippen LogP) is 2.50. The number of hydrogen-bond donors (Lipinski definition) is 1. The predicted molar refractivity (Wildman–Crippen MR) is 53.7 cm³/mol. The first kappa shape index (κ1) is 9.80. The van der Waals surface area contributed by atoms with Crippen LogP contribution in [0.15, 0.2) is 30.3 Å². The topological polar surface area (TPSA) is 46.2 Å². The summed E-state index contributed by atoms with van der Waals surface area (Å²) in [5.74, 6) is 0. The van der Waals surface area contributed by atoms with Crippen molar-refractivity contribution < 1.29 is 9.59 Å². The van der Waals surface area contributed by atoms with Crippen LogP contribution >= 0.6 is 11.8 Å². The van der Waals surface area contributed by atoms with Gasteiger partial charge < -0.3 is 5.32 Å². The van der Waals surface area contributed by atoms with E-state index in [2.05, 4.69) is 5.32 Å². The molecule has 0 heterocycles. The third kappa shape index (κ3) is 3.75. The fourth-order valence-electron chi connectivity index (χ4n) is 0.795. The molecule has 1 aromatic carbocycles. The molecule has 0 aliphatic rings. The van der Waals surface area contributed by atoms with Crippen molar-refractivity contribution in [3.05, 3.63) is 30.3 Å². The fourth-order valence-corrected chi connectivity index (χ4v) is 1.23. The highest BCUT2D eigenvalue weighted by molar-refractivity contribution is 8.26. The summed E-state index contributed by atoms with van der Waals surface area (Å²) in [6, 6.07) is 9.01. The fraction of sp³-hybridized carbons (Fsp3) is 0.111. The molecule has 0 atom stereocenters. The number of amides is 1. The third-order valence-corrected chi connectivity index (χ3v) is 1.83. The van der Waals surface area contributed by atoms with E-state index in [0.29, 0.717) is 17.4 Å². The number of thioether (sulfide) groups is 1. The summed E-state index contributed by atoms with van der Waals surface area (Å²) in [5, 5.41) is 2.01. The maximum absolute atomic E-state index is 11.1. The van der Waals surface area contributed by atoms with Crippen molar-refractivity contribution in [3.8, 4) is 0 Å². The smallest absolute Gasteiger partial charge is 0.291 e. The minimum atomic E-state index is -0.348. The molecule has 0 bridgehead atoms. The molecule has 68 valence electrons. The number of anilines is 1. The SMILES string of the molecule is CC(=O)SC(=O)Nc1ccccc1. The largest absolute Gasteiger partial charge is 0.317 e. The summed E-state index contributed by atoms with van der Waals surface area (Å²) in [6.45, 7) is 1.36. The van der Waals surface area contributed by atoms with Crippen LogP contribution in [0.25, 0.3) is 0 Å². The lowest BCUT2D eigenvalue weighted by Crippen LogP contribution is -2.06. The molecule has 0 aliphatic heterocycles. The average molecular weight is 195 g/mol. The van der Waals surface area contributed by atoms with E-state index in [0.717, 1.165) is 0 Å². The number of benzene rings is 1. The van der Waals surface area contributed by atoms with Gasteiger partial charge in [0.05, 0.1) is 0 Å². The number of carbonyl (C=O) groups excluding carboxylic acids is 2. The Morgan fingerprint density at radius 1 is 1.23 bits per heavy atom. The summed E-state index contributed by atoms with van der Waals surface area (Å²) < 4.78 is 0. The second-order valence-corrected chi connectivity index (χ2v) is 3.52. The number of para-hydroxylation sites is 1. The Bertz CT molecular complexity index is 311. The van der Waals surface area contributed by atoms with E-state index in [1.807, 2.05) is 18.2 Å². The summed E-state index contributed by atoms with van der Waals surface area (Å²) in [7, 11) is 0. The van der Waals surface area contributed by atoms with Crippen molar-refractivity contribution in [2.45, 2.75) is 6.92 Å². The second kappa shape index (κ2) is 4.67. The summed E-state index contributed by atoms with van der Waals surface area (Å²) in [4.78, 5) is 21.6. The lowest BCUT2D eigenvalue weighted by atomic mass is 10.3. The van der Waals surface area contributed by atoms with Gasteiger partial charge in [0.25, 0.3) is 5.24 Å². The number of rotatable bonds is 1. The van der Waals surface area contributed by atoms with Crippen molar-refractivity contribution in [2.24, 2.45) is 0 Å². The molecule has 0 fully saturated rings. The molecule has 3 nitrogen and oxygen atoms in total. The van der Waals surface area contributed by atoms with Gasteiger partial charge in [-0.05, 0) is 12.1 Å². The Morgan fingerprint density at radius 3 is 2.38 bits per heavy atom. The molecule has 0 saturated heterocycles. The van der Waals surface area contributed by atoms with Crippen molar-refractivity contribution in [2.75, 3.05) is 5.32 Å². The van der Waals surface area contributed by atoms with E-state index in [-0.39, 0.29) is 10.4 Å². The molecule has 1 aromatic rings. The van der Waals surface area contributed by atoms with Gasteiger partial charge >= 0.3 is 0 Å². The van der Waals surface area contributed by atoms with Gasteiger partial charge in [0.15, 0.2) is 5.12 Å². The van der Waals surface area contributed by atoms with Gasteiger partial charge in [-0.2, -0.15) is 0 Å². The Balaban J connectivity index is 2.50. The minimum absolute atomic E-state index is 0.214. The van der Waals surface area contributed by atoms with Gasteiger partial charge in [0.1, 0.15) is 0 Å². The van der Waals surface area contributed by atoms with E-state index in [4.69, 9.17) is 0 Å². The maximum atomic E-state index is 11.1. The van der Waals surface area contributed by atoms with E-state index >= 15 is 0 Å². The molecule has 0 aromatic heterocycles. The van der Waals surface area contributed by atoms with Crippen LogP contribution in [0, 0.1) is 0 Å². The van der Waals surface area contributed by atoms with Crippen LogP contribution < -0.4 is 5.32 Å². The van der Waals surface area contributed by atoms with Gasteiger partial charge in [-0.1, -0.05) is 18.2 Å². The first-order valence-corrected chi connectivity index (χ1v) is 4.54. The van der Waals surface area contributed by atoms with Crippen LogP contribution in [0.3, 0.4) is 0 Å². The summed E-state index contributed by atoms with van der Waals surface area (Å²) >= 11 is 0.660. The zero-order valence-electron chi connectivity index (χ0n) is 7.11. The Hall–Kier alpha value is -1.29. The van der Waals surface area contributed by atoms with Crippen LogP contribution in [-0.2, 0) is 4.79 Å². The second-order valence-electron chi connectivity index (χ2n) is 2.37. The highest BCUT2D eigenvalue weighted by atomic mass is 32.2. The van der Waals surface area contributed by atoms with Crippen molar-refractivity contribution in [1.82, 2.24) is 0 Å². The highest BCUT2D eigenvalue weighted by Gasteiger charge is 2.05. The van der Waals surface area contributed by atoms with E-state index < -0.39 is 0 Å². The molecule has 1 rings (SSSR count). The van der Waals surface area contributed by atoms with Gasteiger partial charge in [-0.3, -0.25) is 9.59 Å². The van der Waals surface area contributed by atoms with Crippen LogP contribution in [0.1, 0.15) is 6.92 Å². The van der Waals surface area contributed by atoms with Crippen LogP contribution in [0.2, 0.25) is 0 Å². The first-order chi connectivity index (χ1) is 6.18. The highest BCUT2D eigenvalue weighted by Crippen LogP contribution is 2.10. The van der Waals surface area contributed by atoms with Crippen LogP contribution in [0.4, 0.5) is 10.5 Å². The molecule has 0 aliphatic carbocycles. The van der Waals surface area contributed by atoms with E-state index in [1.54, 1.807) is 12.1 Å². The van der Waals surface area contributed by atoms with Crippen LogP contribution in [0.5, 0.6) is 0 Å². The molecule has 0 radical (unpaired) electrons. The van der Waals surface area contributed by atoms with Crippen LogP contribution in [-0.4, -0.2) is 10.4 Å². The molecular formula is C9H9NO2S. The standard InChI is InChI=1S/C9H9NO2S/c1-7(11)13-9(12)10-8-5-3-2-4-6-8/h2-6H,1H3,(H,10,12). The van der Waals surface area contributed by atoms with Gasteiger partial charge in [0, 0.05) is 24.4 Å². The monoisotopic (exact) mass is 195 g/mol. The Kier molecular flexibility index (Phi) is 3.52. The van der Waals surface area contributed by atoms with Crippen molar-refractivity contribution in [3.63, 3.8) is 0 Å². The molecule has 13 heavy (non-hydrogen) atoms. The first-order valence-electron chi connectivity index (χ1n) is 3.73. The molecule has 4 heteroatoms. The summed E-state index contributed by atoms with van der Waals surface area (Å²) in [5.41, 5.74) is 0.696. The molecule has 0 saturated carbocycles. The third-order valence-electron chi connectivity index (χ3n) is 1.26. The van der Waals surface area contributed by atoms with Crippen molar-refractivity contribution in [1.29, 1.82) is 0 Å². The van der Waals surface area contributed by atoms with Gasteiger partial charge in [-0.15, -0.1) is 0 Å². The average Bonchev–Trinajstić information content (AvgIpc) is 2.04. The van der Waals surface area contributed by atoms with Crippen molar-refractivity contribution >= 4 is 27.8 Å². The quantitative estimate of drug-likeness (QED) is 0.748. The zero-order chi connectivity index (χ0) is 9.68. The normalized spacial score (nSPS) is 9.31. The zero-order valence-corrected chi connectivity index (χ0v) is 7.93. The maximum Gasteiger partial charge on any atom is 0.291 e. The number of nitrogens with one attached hydrogen (secondary N) is 1. The van der Waals surface area contributed by atoms with Gasteiger partial charge in [0.2, 0.25) is 0 Å². The van der Waals surface area contributed by atoms with E-state index in [9.17, 15) is 9.59 Å². The van der Waals surface area contributed by atoms with Gasteiger partial charge in [-0.25, -0.2) is 0 Å². The lowest BCUT2D eigenvalue weighted by molar-refractivity contribution is -0.109. The molecular weight excluding hydrogens is 186 g/mol. The summed E-state index contributed by atoms with van der Waals surface area (Å²) in [6.07, 6.45) is 0. The van der Waals surface area contributed by atoms with E-state index in [1.165, 1.54) is 6.92 Å². The molecule has 1 amide bonds. The Morgan fingerprint density at radius 2 is 1.85 bits per heavy atom. The molecule has 0 spiro atoms. The Labute approximate surface area is 80.5 Å². The lowest BCUT2D eigenvalue weighted by Gasteiger charge is -2.01. The molecule has 1 N–H and O–H groups in total. The minimum Gasteiger partial charge on any atom is -0.317 e. The number of hydrogen-bond acceptors (Lipinski definition) is 3. The number of carbonyl (C=O) groups is 2.